The molecule has 0 fully saturated rings. The fourth-order valence-electron chi connectivity index (χ4n) is 3.75. The fourth-order valence-corrected chi connectivity index (χ4v) is 4.06. The van der Waals surface area contributed by atoms with E-state index in [9.17, 15) is 0 Å². The molecule has 0 spiro atoms. The van der Waals surface area contributed by atoms with Crippen LogP contribution in [0, 0.1) is 0 Å². The lowest BCUT2D eigenvalue weighted by molar-refractivity contribution is 0.00355. The van der Waals surface area contributed by atoms with Gasteiger partial charge in [-0.05, 0) is 55.2 Å². The van der Waals surface area contributed by atoms with Crippen LogP contribution < -0.4 is 5.32 Å². The van der Waals surface area contributed by atoms with Gasteiger partial charge in [-0.2, -0.15) is 0 Å². The molecule has 2 aromatic rings. The molecule has 0 bridgehead atoms. The molecular formula is C22H23Cl2N3. The Labute approximate surface area is 170 Å². The average molecular weight is 400 g/mol. The van der Waals surface area contributed by atoms with Gasteiger partial charge in [-0.25, -0.2) is 5.01 Å². The number of aryl methyl sites for hydroxylation is 1. The molecule has 0 aromatic heterocycles. The van der Waals surface area contributed by atoms with Gasteiger partial charge in [-0.3, -0.25) is 5.01 Å². The molecule has 27 heavy (non-hydrogen) atoms. The number of hydrazine groups is 1. The number of benzene rings is 2. The first-order chi connectivity index (χ1) is 13.1. The molecule has 2 aliphatic rings. The minimum Gasteiger partial charge on any atom is -0.345 e. The Bertz CT molecular complexity index is 876. The number of hydrogen-bond donors (Lipinski definition) is 1. The van der Waals surface area contributed by atoms with Crippen molar-refractivity contribution in [2.75, 3.05) is 13.1 Å². The second-order valence-electron chi connectivity index (χ2n) is 7.03. The van der Waals surface area contributed by atoms with Crippen molar-refractivity contribution in [1.29, 1.82) is 0 Å². The van der Waals surface area contributed by atoms with Gasteiger partial charge in [0.2, 0.25) is 0 Å². The number of allylic oxidation sites excluding steroid dienone is 1. The van der Waals surface area contributed by atoms with Crippen LogP contribution in [0.15, 0.2) is 72.2 Å². The standard InChI is InChI=1S/C22H23Cl2N3/c1-16-14-21(18-9-10-19(23)20(24)15-18)27-22(25-16)11-13-26(27)12-5-8-17-6-3-2-4-7-17/h2-4,6-7,9-11,14-15,21,25H,5,8,12-13H2,1H3. The summed E-state index contributed by atoms with van der Waals surface area (Å²) in [4.78, 5) is 0. The van der Waals surface area contributed by atoms with Crippen molar-refractivity contribution in [3.8, 4) is 0 Å². The summed E-state index contributed by atoms with van der Waals surface area (Å²) >= 11 is 12.4. The first-order valence-corrected chi connectivity index (χ1v) is 10.1. The van der Waals surface area contributed by atoms with Gasteiger partial charge in [0.15, 0.2) is 0 Å². The monoisotopic (exact) mass is 399 g/mol. The molecule has 0 saturated carbocycles. The van der Waals surface area contributed by atoms with Crippen molar-refractivity contribution in [2.24, 2.45) is 0 Å². The first kappa shape index (κ1) is 18.4. The maximum absolute atomic E-state index is 6.29. The molecular weight excluding hydrogens is 377 g/mol. The van der Waals surface area contributed by atoms with Crippen molar-refractivity contribution in [3.63, 3.8) is 0 Å². The molecule has 0 amide bonds. The van der Waals surface area contributed by atoms with Crippen molar-refractivity contribution in [3.05, 3.63) is 93.4 Å². The Hall–Kier alpha value is -1.94. The maximum Gasteiger partial charge on any atom is 0.118 e. The summed E-state index contributed by atoms with van der Waals surface area (Å²) in [7, 11) is 0. The van der Waals surface area contributed by atoms with E-state index in [1.807, 2.05) is 12.1 Å². The van der Waals surface area contributed by atoms with Crippen molar-refractivity contribution in [2.45, 2.75) is 25.8 Å². The van der Waals surface area contributed by atoms with Crippen LogP contribution in [-0.2, 0) is 6.42 Å². The molecule has 2 aromatic carbocycles. The third-order valence-corrected chi connectivity index (χ3v) is 5.79. The van der Waals surface area contributed by atoms with E-state index in [0.29, 0.717) is 10.0 Å². The van der Waals surface area contributed by atoms with Crippen LogP contribution in [0.3, 0.4) is 0 Å². The molecule has 140 valence electrons. The lowest BCUT2D eigenvalue weighted by Crippen LogP contribution is -2.45. The molecule has 1 unspecified atom stereocenters. The van der Waals surface area contributed by atoms with Crippen LogP contribution >= 0.6 is 23.2 Å². The molecule has 0 aliphatic carbocycles. The Morgan fingerprint density at radius 3 is 2.67 bits per heavy atom. The highest BCUT2D eigenvalue weighted by Gasteiger charge is 2.33. The van der Waals surface area contributed by atoms with Crippen LogP contribution in [0.4, 0.5) is 0 Å². The van der Waals surface area contributed by atoms with Crippen LogP contribution in [0.1, 0.15) is 30.5 Å². The largest absolute Gasteiger partial charge is 0.345 e. The normalized spacial score (nSPS) is 19.4. The Balaban J connectivity index is 1.51. The minimum atomic E-state index is 0.117. The van der Waals surface area contributed by atoms with Gasteiger partial charge >= 0.3 is 0 Å². The lowest BCUT2D eigenvalue weighted by Gasteiger charge is -2.41. The van der Waals surface area contributed by atoms with Gasteiger partial charge < -0.3 is 5.32 Å². The second kappa shape index (κ2) is 7.97. The van der Waals surface area contributed by atoms with Gasteiger partial charge in [0.1, 0.15) is 5.82 Å². The summed E-state index contributed by atoms with van der Waals surface area (Å²) in [6.07, 6.45) is 6.69. The summed E-state index contributed by atoms with van der Waals surface area (Å²) in [5.41, 5.74) is 3.68. The minimum absolute atomic E-state index is 0.117. The van der Waals surface area contributed by atoms with E-state index >= 15 is 0 Å². The molecule has 3 nitrogen and oxygen atoms in total. The van der Waals surface area contributed by atoms with Crippen LogP contribution in [0.5, 0.6) is 0 Å². The van der Waals surface area contributed by atoms with Gasteiger partial charge in [0.25, 0.3) is 0 Å². The molecule has 5 heteroatoms. The van der Waals surface area contributed by atoms with E-state index in [1.54, 1.807) is 0 Å². The van der Waals surface area contributed by atoms with Gasteiger partial charge in [0.05, 0.1) is 16.1 Å². The highest BCUT2D eigenvalue weighted by molar-refractivity contribution is 6.42. The third kappa shape index (κ3) is 4.01. The topological polar surface area (TPSA) is 18.5 Å². The van der Waals surface area contributed by atoms with E-state index in [0.717, 1.165) is 43.0 Å². The zero-order valence-electron chi connectivity index (χ0n) is 15.3. The average Bonchev–Trinajstić information content (AvgIpc) is 3.07. The number of fused-ring (bicyclic) bond motifs is 1. The molecule has 4 rings (SSSR count). The summed E-state index contributed by atoms with van der Waals surface area (Å²) < 4.78 is 0. The van der Waals surface area contributed by atoms with Crippen LogP contribution in [-0.4, -0.2) is 23.1 Å². The van der Waals surface area contributed by atoms with Crippen molar-refractivity contribution >= 4 is 23.2 Å². The number of nitrogens with zero attached hydrogens (tertiary/aromatic N) is 2. The van der Waals surface area contributed by atoms with Crippen LogP contribution in [0.2, 0.25) is 10.0 Å². The molecule has 0 radical (unpaired) electrons. The quantitative estimate of drug-likeness (QED) is 0.710. The maximum atomic E-state index is 6.29. The summed E-state index contributed by atoms with van der Waals surface area (Å²) in [6, 6.07) is 16.7. The first-order valence-electron chi connectivity index (χ1n) is 9.30. The Kier molecular flexibility index (Phi) is 5.44. The fraction of sp³-hybridized carbons (Fsp3) is 0.273. The highest BCUT2D eigenvalue weighted by atomic mass is 35.5. The third-order valence-electron chi connectivity index (χ3n) is 5.05. The Morgan fingerprint density at radius 2 is 1.89 bits per heavy atom. The SMILES string of the molecule is CC1=CC(c2ccc(Cl)c(Cl)c2)N2C(=CCN2CCCc2ccccc2)N1. The number of halogens is 2. The predicted molar refractivity (Wildman–Crippen MR) is 112 cm³/mol. The molecule has 2 heterocycles. The van der Waals surface area contributed by atoms with Crippen molar-refractivity contribution in [1.82, 2.24) is 15.3 Å². The van der Waals surface area contributed by atoms with Crippen LogP contribution in [0.25, 0.3) is 0 Å². The van der Waals surface area contributed by atoms with Gasteiger partial charge in [0, 0.05) is 18.8 Å². The number of hydrogen-bond acceptors (Lipinski definition) is 3. The van der Waals surface area contributed by atoms with Crippen molar-refractivity contribution < 1.29 is 0 Å². The predicted octanol–water partition coefficient (Wildman–Crippen LogP) is 5.55. The summed E-state index contributed by atoms with van der Waals surface area (Å²) in [5.74, 6) is 1.14. The molecule has 0 saturated heterocycles. The summed E-state index contributed by atoms with van der Waals surface area (Å²) in [6.45, 7) is 4.01. The van der Waals surface area contributed by atoms with Gasteiger partial charge in [-0.1, -0.05) is 59.6 Å². The zero-order valence-corrected chi connectivity index (χ0v) is 16.8. The molecule has 1 N–H and O–H groups in total. The number of nitrogens with one attached hydrogen (secondary N) is 1. The number of rotatable bonds is 5. The van der Waals surface area contributed by atoms with E-state index in [2.05, 4.69) is 70.8 Å². The second-order valence-corrected chi connectivity index (χ2v) is 7.84. The Morgan fingerprint density at radius 1 is 1.07 bits per heavy atom. The molecule has 2 aliphatic heterocycles. The van der Waals surface area contributed by atoms with Gasteiger partial charge in [-0.15, -0.1) is 0 Å². The smallest absolute Gasteiger partial charge is 0.118 e. The van der Waals surface area contributed by atoms with E-state index < -0.39 is 0 Å². The zero-order chi connectivity index (χ0) is 18.8. The highest BCUT2D eigenvalue weighted by Crippen LogP contribution is 2.36. The van der Waals surface area contributed by atoms with E-state index in [-0.39, 0.29) is 6.04 Å². The lowest BCUT2D eigenvalue weighted by atomic mass is 10.0. The molecule has 1 atom stereocenters. The summed E-state index contributed by atoms with van der Waals surface area (Å²) in [5, 5.41) is 9.42. The van der Waals surface area contributed by atoms with E-state index in [1.165, 1.54) is 5.56 Å². The van der Waals surface area contributed by atoms with E-state index in [4.69, 9.17) is 23.2 Å².